The highest BCUT2D eigenvalue weighted by molar-refractivity contribution is 9.10. The molecule has 1 fully saturated rings. The molecule has 1 amide bonds. The Kier molecular flexibility index (Phi) is 4.78. The number of aromatic nitrogens is 2. The van der Waals surface area contributed by atoms with Crippen LogP contribution in [0.15, 0.2) is 58.1 Å². The Labute approximate surface area is 163 Å². The lowest BCUT2D eigenvalue weighted by atomic mass is 10.2. The Hall–Kier alpha value is -2.54. The number of rotatable bonds is 5. The molecule has 4 rings (SSSR count). The van der Waals surface area contributed by atoms with Crippen LogP contribution in [0.5, 0.6) is 0 Å². The second-order valence-electron chi connectivity index (χ2n) is 6.68. The van der Waals surface area contributed by atoms with Gasteiger partial charge in [0.05, 0.1) is 17.2 Å². The molecule has 0 unspecified atom stereocenters. The number of hydrogen-bond donors (Lipinski definition) is 0. The van der Waals surface area contributed by atoms with Gasteiger partial charge in [-0.25, -0.2) is 9.37 Å². The van der Waals surface area contributed by atoms with Gasteiger partial charge in [-0.05, 0) is 37.1 Å². The SMILES string of the molecule is O=C(Cn1cnc2ccc(Br)cc2c1=O)N(Cc1ccccc1F)C1CC1. The van der Waals surface area contributed by atoms with Crippen LogP contribution in [0.25, 0.3) is 10.9 Å². The minimum Gasteiger partial charge on any atom is -0.334 e. The molecule has 1 aromatic heterocycles. The number of benzene rings is 2. The summed E-state index contributed by atoms with van der Waals surface area (Å²) in [6.07, 6.45) is 3.20. The molecule has 138 valence electrons. The quantitative estimate of drug-likeness (QED) is 0.623. The Balaban J connectivity index is 1.60. The van der Waals surface area contributed by atoms with Crippen molar-refractivity contribution in [2.75, 3.05) is 0 Å². The molecule has 0 bridgehead atoms. The first kappa shape index (κ1) is 17.9. The van der Waals surface area contributed by atoms with Crippen LogP contribution in [0.4, 0.5) is 4.39 Å². The normalized spacial score (nSPS) is 13.7. The van der Waals surface area contributed by atoms with Crippen LogP contribution >= 0.6 is 15.9 Å². The predicted octanol–water partition coefficient (Wildman–Crippen LogP) is 3.49. The maximum Gasteiger partial charge on any atom is 0.261 e. The Morgan fingerprint density at radius 1 is 1.26 bits per heavy atom. The first-order chi connectivity index (χ1) is 13.0. The van der Waals surface area contributed by atoms with E-state index in [1.54, 1.807) is 35.2 Å². The zero-order valence-electron chi connectivity index (χ0n) is 14.4. The monoisotopic (exact) mass is 429 g/mol. The minimum atomic E-state index is -0.328. The highest BCUT2D eigenvalue weighted by atomic mass is 79.9. The van der Waals surface area contributed by atoms with Crippen molar-refractivity contribution in [1.29, 1.82) is 0 Å². The van der Waals surface area contributed by atoms with Crippen LogP contribution in [-0.2, 0) is 17.9 Å². The van der Waals surface area contributed by atoms with Crippen molar-refractivity contribution < 1.29 is 9.18 Å². The molecular weight excluding hydrogens is 413 g/mol. The second-order valence-corrected chi connectivity index (χ2v) is 7.60. The summed E-state index contributed by atoms with van der Waals surface area (Å²) >= 11 is 3.35. The smallest absolute Gasteiger partial charge is 0.261 e. The summed E-state index contributed by atoms with van der Waals surface area (Å²) < 4.78 is 16.1. The Morgan fingerprint density at radius 2 is 2.04 bits per heavy atom. The van der Waals surface area contributed by atoms with Gasteiger partial charge in [0.25, 0.3) is 5.56 Å². The predicted molar refractivity (Wildman–Crippen MR) is 104 cm³/mol. The Bertz CT molecular complexity index is 1080. The van der Waals surface area contributed by atoms with E-state index in [0.29, 0.717) is 16.5 Å². The zero-order valence-corrected chi connectivity index (χ0v) is 16.0. The summed E-state index contributed by atoms with van der Waals surface area (Å²) in [6, 6.07) is 11.8. The zero-order chi connectivity index (χ0) is 19.0. The molecule has 0 atom stereocenters. The van der Waals surface area contributed by atoms with E-state index in [1.165, 1.54) is 17.0 Å². The first-order valence-corrected chi connectivity index (χ1v) is 9.50. The summed E-state index contributed by atoms with van der Waals surface area (Å²) in [6.45, 7) is 0.0940. The lowest BCUT2D eigenvalue weighted by molar-refractivity contribution is -0.133. The average Bonchev–Trinajstić information content (AvgIpc) is 3.48. The number of carbonyl (C=O) groups excluding carboxylic acids is 1. The molecule has 1 aliphatic carbocycles. The van der Waals surface area contributed by atoms with Gasteiger partial charge < -0.3 is 4.90 Å². The summed E-state index contributed by atoms with van der Waals surface area (Å²) in [5, 5.41) is 0.451. The fraction of sp³-hybridized carbons (Fsp3) is 0.250. The molecule has 0 N–H and O–H groups in total. The number of halogens is 2. The van der Waals surface area contributed by atoms with Gasteiger partial charge in [-0.1, -0.05) is 34.1 Å². The van der Waals surface area contributed by atoms with E-state index in [4.69, 9.17) is 0 Å². The number of fused-ring (bicyclic) bond motifs is 1. The summed E-state index contributed by atoms with van der Waals surface area (Å²) in [7, 11) is 0. The van der Waals surface area contributed by atoms with Gasteiger partial charge >= 0.3 is 0 Å². The van der Waals surface area contributed by atoms with E-state index in [0.717, 1.165) is 17.3 Å². The molecule has 1 saturated carbocycles. The third-order valence-corrected chi connectivity index (χ3v) is 5.19. The van der Waals surface area contributed by atoms with Gasteiger partial charge in [0.15, 0.2) is 0 Å². The largest absolute Gasteiger partial charge is 0.334 e. The number of hydrogen-bond acceptors (Lipinski definition) is 3. The molecule has 7 heteroatoms. The Morgan fingerprint density at radius 3 is 2.78 bits per heavy atom. The van der Waals surface area contributed by atoms with Gasteiger partial charge in [-0.15, -0.1) is 0 Å². The molecule has 3 aromatic rings. The third-order valence-electron chi connectivity index (χ3n) is 4.70. The molecule has 5 nitrogen and oxygen atoms in total. The van der Waals surface area contributed by atoms with E-state index < -0.39 is 0 Å². The van der Waals surface area contributed by atoms with E-state index >= 15 is 0 Å². The van der Waals surface area contributed by atoms with Gasteiger partial charge in [0, 0.05) is 22.6 Å². The maximum atomic E-state index is 14.0. The van der Waals surface area contributed by atoms with Crippen molar-refractivity contribution in [2.45, 2.75) is 32.0 Å². The van der Waals surface area contributed by atoms with Gasteiger partial charge in [-0.3, -0.25) is 14.2 Å². The van der Waals surface area contributed by atoms with E-state index in [-0.39, 0.29) is 36.4 Å². The van der Waals surface area contributed by atoms with Crippen molar-refractivity contribution >= 4 is 32.7 Å². The molecule has 0 radical (unpaired) electrons. The molecule has 1 heterocycles. The molecule has 0 spiro atoms. The van der Waals surface area contributed by atoms with Crippen LogP contribution in [0.2, 0.25) is 0 Å². The van der Waals surface area contributed by atoms with Crippen LogP contribution in [0.1, 0.15) is 18.4 Å². The molecule has 1 aliphatic rings. The highest BCUT2D eigenvalue weighted by Gasteiger charge is 2.33. The van der Waals surface area contributed by atoms with Crippen molar-refractivity contribution in [3.05, 3.63) is 75.0 Å². The topological polar surface area (TPSA) is 55.2 Å². The average molecular weight is 430 g/mol. The van der Waals surface area contributed by atoms with Crippen molar-refractivity contribution in [1.82, 2.24) is 14.5 Å². The first-order valence-electron chi connectivity index (χ1n) is 8.70. The van der Waals surface area contributed by atoms with Crippen LogP contribution in [0, 0.1) is 5.82 Å². The van der Waals surface area contributed by atoms with Crippen molar-refractivity contribution in [2.24, 2.45) is 0 Å². The maximum absolute atomic E-state index is 14.0. The van der Waals surface area contributed by atoms with E-state index in [9.17, 15) is 14.0 Å². The lowest BCUT2D eigenvalue weighted by Gasteiger charge is -2.23. The fourth-order valence-electron chi connectivity index (χ4n) is 3.10. The van der Waals surface area contributed by atoms with Crippen LogP contribution in [-0.4, -0.2) is 26.4 Å². The molecule has 2 aromatic carbocycles. The third kappa shape index (κ3) is 3.78. The van der Waals surface area contributed by atoms with E-state index in [1.807, 2.05) is 6.07 Å². The molecule has 27 heavy (non-hydrogen) atoms. The molecule has 0 saturated heterocycles. The second kappa shape index (κ2) is 7.23. The van der Waals surface area contributed by atoms with Crippen molar-refractivity contribution in [3.63, 3.8) is 0 Å². The number of carbonyl (C=O) groups is 1. The van der Waals surface area contributed by atoms with Crippen LogP contribution in [0.3, 0.4) is 0 Å². The fourth-order valence-corrected chi connectivity index (χ4v) is 3.46. The minimum absolute atomic E-state index is 0.107. The molecular formula is C20H17BrFN3O2. The van der Waals surface area contributed by atoms with Gasteiger partial charge in [0.2, 0.25) is 5.91 Å². The molecule has 0 aliphatic heterocycles. The van der Waals surface area contributed by atoms with Crippen molar-refractivity contribution in [3.8, 4) is 0 Å². The van der Waals surface area contributed by atoms with E-state index in [2.05, 4.69) is 20.9 Å². The lowest BCUT2D eigenvalue weighted by Crippen LogP contribution is -2.37. The number of nitrogens with zero attached hydrogens (tertiary/aromatic N) is 3. The highest BCUT2D eigenvalue weighted by Crippen LogP contribution is 2.29. The van der Waals surface area contributed by atoms with Gasteiger partial charge in [-0.2, -0.15) is 0 Å². The summed E-state index contributed by atoms with van der Waals surface area (Å²) in [5.74, 6) is -0.538. The van der Waals surface area contributed by atoms with Crippen LogP contribution < -0.4 is 5.56 Å². The van der Waals surface area contributed by atoms with Gasteiger partial charge in [0.1, 0.15) is 12.4 Å². The summed E-state index contributed by atoms with van der Waals surface area (Å²) in [5.41, 5.74) is 0.791. The summed E-state index contributed by atoms with van der Waals surface area (Å²) in [4.78, 5) is 31.5. The number of amides is 1. The standard InChI is InChI=1S/C20H17BrFN3O2/c21-14-5-8-18-16(9-14)20(27)24(12-23-18)11-19(26)25(15-6-7-15)10-13-3-1-2-4-17(13)22/h1-5,8-9,12,15H,6-7,10-11H2.